The van der Waals surface area contributed by atoms with Crippen molar-refractivity contribution in [2.75, 3.05) is 0 Å². The van der Waals surface area contributed by atoms with Crippen molar-refractivity contribution < 1.29 is 0 Å². The molecule has 2 aromatic heterocycles. The predicted molar refractivity (Wildman–Crippen MR) is 69.8 cm³/mol. The minimum Gasteiger partial charge on any atom is -0.293 e. The minimum atomic E-state index is 0.285. The molecule has 0 spiro atoms. The maximum atomic E-state index is 6.20. The maximum Gasteiger partial charge on any atom is 0.225 e. The van der Waals surface area contributed by atoms with Crippen LogP contribution in [-0.2, 0) is 0 Å². The Hall–Kier alpha value is -0.870. The van der Waals surface area contributed by atoms with Crippen LogP contribution >= 0.6 is 22.9 Å². The van der Waals surface area contributed by atoms with Crippen molar-refractivity contribution in [1.82, 2.24) is 14.8 Å². The van der Waals surface area contributed by atoms with E-state index in [0.29, 0.717) is 11.2 Å². The van der Waals surface area contributed by atoms with Crippen LogP contribution in [0.1, 0.15) is 48.8 Å². The van der Waals surface area contributed by atoms with E-state index < -0.39 is 0 Å². The van der Waals surface area contributed by atoms with Gasteiger partial charge >= 0.3 is 0 Å². The van der Waals surface area contributed by atoms with E-state index in [-0.39, 0.29) is 6.04 Å². The number of rotatable bonds is 4. The number of aromatic nitrogens is 3. The molecule has 1 fully saturated rings. The summed E-state index contributed by atoms with van der Waals surface area (Å²) in [7, 11) is 0. The fraction of sp³-hybridized carbons (Fsp3) is 0.500. The normalized spacial score (nSPS) is 17.3. The topological polar surface area (TPSA) is 30.7 Å². The van der Waals surface area contributed by atoms with Crippen molar-refractivity contribution >= 4 is 22.9 Å². The number of nitrogens with zero attached hydrogens (tertiary/aromatic N) is 3. The molecule has 1 unspecified atom stereocenters. The molecule has 2 aromatic rings. The summed E-state index contributed by atoms with van der Waals surface area (Å²) in [5.41, 5.74) is 0. The van der Waals surface area contributed by atoms with E-state index in [1.165, 1.54) is 17.7 Å². The Bertz CT molecular complexity index is 502. The highest BCUT2D eigenvalue weighted by atomic mass is 35.5. The third-order valence-corrected chi connectivity index (χ3v) is 4.42. The van der Waals surface area contributed by atoms with Gasteiger partial charge in [-0.2, -0.15) is 0 Å². The first-order valence-electron chi connectivity index (χ1n) is 5.95. The second kappa shape index (κ2) is 4.42. The van der Waals surface area contributed by atoms with E-state index in [1.807, 2.05) is 0 Å². The first-order valence-corrected chi connectivity index (χ1v) is 7.20. The highest BCUT2D eigenvalue weighted by Crippen LogP contribution is 2.42. The van der Waals surface area contributed by atoms with Crippen molar-refractivity contribution in [1.29, 1.82) is 0 Å². The number of hydrogen-bond acceptors (Lipinski definition) is 3. The van der Waals surface area contributed by atoms with Crippen LogP contribution < -0.4 is 0 Å². The molecule has 0 N–H and O–H groups in total. The number of halogens is 1. The SMILES string of the molecule is CCC(c1cccs1)n1c(Cl)nnc1C1CC1. The zero-order valence-electron chi connectivity index (χ0n) is 9.64. The molecule has 0 saturated heterocycles. The predicted octanol–water partition coefficient (Wildman–Crippen LogP) is 3.87. The van der Waals surface area contributed by atoms with Crippen LogP contribution in [0.2, 0.25) is 5.28 Å². The van der Waals surface area contributed by atoms with Crippen molar-refractivity contribution in [3.8, 4) is 0 Å². The van der Waals surface area contributed by atoms with Gasteiger partial charge in [0, 0.05) is 10.8 Å². The molecule has 1 aliphatic carbocycles. The van der Waals surface area contributed by atoms with E-state index in [2.05, 4.69) is 39.2 Å². The van der Waals surface area contributed by atoms with Gasteiger partial charge in [0.15, 0.2) is 0 Å². The molecule has 0 amide bonds. The van der Waals surface area contributed by atoms with Gasteiger partial charge in [-0.15, -0.1) is 21.5 Å². The standard InChI is InChI=1S/C12H14ClN3S/c1-2-9(10-4-3-7-17-10)16-11(8-5-6-8)14-15-12(16)13/h3-4,7-9H,2,5-6H2,1H3. The molecule has 0 aromatic carbocycles. The Balaban J connectivity index is 2.03. The number of thiophene rings is 1. The molecule has 3 nitrogen and oxygen atoms in total. The Labute approximate surface area is 109 Å². The van der Waals surface area contributed by atoms with Gasteiger partial charge < -0.3 is 0 Å². The van der Waals surface area contributed by atoms with Crippen molar-refractivity contribution in [3.63, 3.8) is 0 Å². The Kier molecular flexibility index (Phi) is 2.92. The molecule has 0 bridgehead atoms. The van der Waals surface area contributed by atoms with Crippen LogP contribution in [0.5, 0.6) is 0 Å². The van der Waals surface area contributed by atoms with Crippen LogP contribution in [0, 0.1) is 0 Å². The molecule has 1 aliphatic rings. The zero-order valence-corrected chi connectivity index (χ0v) is 11.2. The second-order valence-corrected chi connectivity index (χ2v) is 5.73. The molecule has 17 heavy (non-hydrogen) atoms. The first kappa shape index (κ1) is 11.2. The van der Waals surface area contributed by atoms with E-state index in [0.717, 1.165) is 12.2 Å². The van der Waals surface area contributed by atoms with Gasteiger partial charge in [0.1, 0.15) is 5.82 Å². The van der Waals surface area contributed by atoms with Crippen LogP contribution in [0.4, 0.5) is 0 Å². The van der Waals surface area contributed by atoms with Crippen LogP contribution in [0.3, 0.4) is 0 Å². The largest absolute Gasteiger partial charge is 0.293 e. The molecule has 0 aliphatic heterocycles. The van der Waals surface area contributed by atoms with Gasteiger partial charge in [0.25, 0.3) is 0 Å². The summed E-state index contributed by atoms with van der Waals surface area (Å²) < 4.78 is 2.12. The lowest BCUT2D eigenvalue weighted by Crippen LogP contribution is -2.11. The van der Waals surface area contributed by atoms with Crippen LogP contribution in [0.25, 0.3) is 0 Å². The lowest BCUT2D eigenvalue weighted by molar-refractivity contribution is 0.550. The highest BCUT2D eigenvalue weighted by Gasteiger charge is 2.32. The molecule has 3 rings (SSSR count). The molecule has 1 saturated carbocycles. The first-order chi connectivity index (χ1) is 8.31. The summed E-state index contributed by atoms with van der Waals surface area (Å²) in [5, 5.41) is 10.9. The molecule has 90 valence electrons. The highest BCUT2D eigenvalue weighted by molar-refractivity contribution is 7.10. The zero-order chi connectivity index (χ0) is 11.8. The van der Waals surface area contributed by atoms with E-state index in [4.69, 9.17) is 11.6 Å². The molecule has 5 heteroatoms. The molecular formula is C12H14ClN3S. The van der Waals surface area contributed by atoms with E-state index in [9.17, 15) is 0 Å². The Morgan fingerprint density at radius 2 is 2.35 bits per heavy atom. The van der Waals surface area contributed by atoms with Crippen molar-refractivity contribution in [3.05, 3.63) is 33.5 Å². The van der Waals surface area contributed by atoms with Crippen LogP contribution in [-0.4, -0.2) is 14.8 Å². The van der Waals surface area contributed by atoms with Gasteiger partial charge in [-0.05, 0) is 42.3 Å². The van der Waals surface area contributed by atoms with E-state index >= 15 is 0 Å². The molecular weight excluding hydrogens is 254 g/mol. The van der Waals surface area contributed by atoms with Gasteiger partial charge in [-0.1, -0.05) is 13.0 Å². The fourth-order valence-electron chi connectivity index (χ4n) is 2.18. The van der Waals surface area contributed by atoms with Gasteiger partial charge in [0.2, 0.25) is 5.28 Å². The Morgan fingerprint density at radius 1 is 1.53 bits per heavy atom. The van der Waals surface area contributed by atoms with Crippen molar-refractivity contribution in [2.24, 2.45) is 0 Å². The molecule has 0 radical (unpaired) electrons. The fourth-order valence-corrected chi connectivity index (χ4v) is 3.33. The average molecular weight is 268 g/mol. The van der Waals surface area contributed by atoms with E-state index in [1.54, 1.807) is 11.3 Å². The Morgan fingerprint density at radius 3 is 2.94 bits per heavy atom. The summed E-state index contributed by atoms with van der Waals surface area (Å²) in [6.07, 6.45) is 3.45. The lowest BCUT2D eigenvalue weighted by Gasteiger charge is -2.17. The smallest absolute Gasteiger partial charge is 0.225 e. The second-order valence-electron chi connectivity index (χ2n) is 4.41. The molecule has 2 heterocycles. The third kappa shape index (κ3) is 2.00. The summed E-state index contributed by atoms with van der Waals surface area (Å²) in [6, 6.07) is 4.52. The summed E-state index contributed by atoms with van der Waals surface area (Å²) >= 11 is 7.97. The monoisotopic (exact) mass is 267 g/mol. The minimum absolute atomic E-state index is 0.285. The summed E-state index contributed by atoms with van der Waals surface area (Å²) in [4.78, 5) is 1.33. The van der Waals surface area contributed by atoms with Gasteiger partial charge in [-0.25, -0.2) is 0 Å². The molecule has 1 atom stereocenters. The third-order valence-electron chi connectivity index (χ3n) is 3.19. The number of hydrogen-bond donors (Lipinski definition) is 0. The van der Waals surface area contributed by atoms with Gasteiger partial charge in [-0.3, -0.25) is 4.57 Å². The van der Waals surface area contributed by atoms with Gasteiger partial charge in [0.05, 0.1) is 6.04 Å². The summed E-state index contributed by atoms with van der Waals surface area (Å²) in [6.45, 7) is 2.18. The lowest BCUT2D eigenvalue weighted by atomic mass is 10.2. The average Bonchev–Trinajstić information content (AvgIpc) is 2.89. The quantitative estimate of drug-likeness (QED) is 0.842. The van der Waals surface area contributed by atoms with Crippen LogP contribution in [0.15, 0.2) is 17.5 Å². The van der Waals surface area contributed by atoms with Crippen molar-refractivity contribution in [2.45, 2.75) is 38.1 Å². The summed E-state index contributed by atoms with van der Waals surface area (Å²) in [5.74, 6) is 1.64. The maximum absolute atomic E-state index is 6.20.